The van der Waals surface area contributed by atoms with Crippen LogP contribution in [-0.4, -0.2) is 18.5 Å². The molecule has 0 saturated heterocycles. The summed E-state index contributed by atoms with van der Waals surface area (Å²) in [6.45, 7) is 6.12. The van der Waals surface area contributed by atoms with E-state index in [-0.39, 0.29) is 24.1 Å². The van der Waals surface area contributed by atoms with Gasteiger partial charge in [0.05, 0.1) is 12.1 Å². The minimum absolute atomic E-state index is 0.00563. The summed E-state index contributed by atoms with van der Waals surface area (Å²) >= 11 is 0. The lowest BCUT2D eigenvalue weighted by atomic mass is 10.0. The van der Waals surface area contributed by atoms with Crippen LogP contribution in [0.4, 0.5) is 4.39 Å². The van der Waals surface area contributed by atoms with Gasteiger partial charge in [-0.25, -0.2) is 4.39 Å². The SMILES string of the molecule is CC(C)C(C)NC(=O)c1cc(F)ccc1C#CCN. The second kappa shape index (κ2) is 6.91. The Morgan fingerprint density at radius 3 is 2.68 bits per heavy atom. The number of nitrogens with one attached hydrogen (secondary N) is 1. The Hall–Kier alpha value is -1.86. The second-order valence-electron chi connectivity index (χ2n) is 4.70. The molecule has 4 heteroatoms. The summed E-state index contributed by atoms with van der Waals surface area (Å²) in [6, 6.07) is 3.98. The van der Waals surface area contributed by atoms with Crippen molar-refractivity contribution < 1.29 is 9.18 Å². The van der Waals surface area contributed by atoms with Crippen molar-refractivity contribution in [1.82, 2.24) is 5.32 Å². The predicted molar refractivity (Wildman–Crippen MR) is 74.1 cm³/mol. The average Bonchev–Trinajstić information content (AvgIpc) is 2.36. The van der Waals surface area contributed by atoms with Crippen molar-refractivity contribution >= 4 is 5.91 Å². The molecular weight excluding hydrogens is 243 g/mol. The van der Waals surface area contributed by atoms with Gasteiger partial charge in [0, 0.05) is 11.6 Å². The molecule has 3 N–H and O–H groups in total. The predicted octanol–water partition coefficient (Wildman–Crippen LogP) is 1.91. The van der Waals surface area contributed by atoms with Gasteiger partial charge in [-0.1, -0.05) is 25.7 Å². The van der Waals surface area contributed by atoms with Crippen LogP contribution in [0.2, 0.25) is 0 Å². The number of benzene rings is 1. The van der Waals surface area contributed by atoms with Crippen LogP contribution in [0.3, 0.4) is 0 Å². The van der Waals surface area contributed by atoms with Crippen LogP contribution >= 0.6 is 0 Å². The number of nitrogens with two attached hydrogens (primary N) is 1. The van der Waals surface area contributed by atoms with Crippen LogP contribution < -0.4 is 11.1 Å². The molecule has 1 amide bonds. The van der Waals surface area contributed by atoms with Crippen molar-refractivity contribution in [2.45, 2.75) is 26.8 Å². The lowest BCUT2D eigenvalue weighted by molar-refractivity contribution is 0.0930. The number of carbonyl (C=O) groups excluding carboxylic acids is 1. The number of hydrogen-bond donors (Lipinski definition) is 2. The van der Waals surface area contributed by atoms with E-state index in [9.17, 15) is 9.18 Å². The summed E-state index contributed by atoms with van der Waals surface area (Å²) in [5, 5.41) is 2.84. The fourth-order valence-corrected chi connectivity index (χ4v) is 1.41. The lowest BCUT2D eigenvalue weighted by Crippen LogP contribution is -2.36. The Kier molecular flexibility index (Phi) is 5.53. The maximum Gasteiger partial charge on any atom is 0.252 e. The fraction of sp³-hybridized carbons (Fsp3) is 0.400. The van der Waals surface area contributed by atoms with Gasteiger partial charge in [0.15, 0.2) is 0 Å². The summed E-state index contributed by atoms with van der Waals surface area (Å²) < 4.78 is 13.3. The zero-order valence-corrected chi connectivity index (χ0v) is 11.5. The van der Waals surface area contributed by atoms with Gasteiger partial charge in [0.25, 0.3) is 5.91 Å². The molecule has 0 saturated carbocycles. The molecule has 0 spiro atoms. The highest BCUT2D eigenvalue weighted by Gasteiger charge is 2.15. The van der Waals surface area contributed by atoms with Gasteiger partial charge >= 0.3 is 0 Å². The van der Waals surface area contributed by atoms with Crippen molar-refractivity contribution in [2.24, 2.45) is 11.7 Å². The van der Waals surface area contributed by atoms with Crippen molar-refractivity contribution in [3.63, 3.8) is 0 Å². The Balaban J connectivity index is 3.03. The molecule has 0 radical (unpaired) electrons. The molecule has 1 atom stereocenters. The van der Waals surface area contributed by atoms with E-state index >= 15 is 0 Å². The first-order chi connectivity index (χ1) is 8.95. The fourth-order valence-electron chi connectivity index (χ4n) is 1.41. The topological polar surface area (TPSA) is 55.1 Å². The van der Waals surface area contributed by atoms with Crippen LogP contribution in [0.5, 0.6) is 0 Å². The maximum atomic E-state index is 13.3. The number of carbonyl (C=O) groups is 1. The number of amides is 1. The van der Waals surface area contributed by atoms with E-state index in [2.05, 4.69) is 17.2 Å². The number of hydrogen-bond acceptors (Lipinski definition) is 2. The third kappa shape index (κ3) is 4.38. The number of halogens is 1. The van der Waals surface area contributed by atoms with E-state index in [0.29, 0.717) is 11.5 Å². The molecule has 0 bridgehead atoms. The van der Waals surface area contributed by atoms with Crippen LogP contribution in [0.1, 0.15) is 36.7 Å². The Morgan fingerprint density at radius 1 is 1.42 bits per heavy atom. The monoisotopic (exact) mass is 262 g/mol. The highest BCUT2D eigenvalue weighted by Crippen LogP contribution is 2.11. The molecule has 102 valence electrons. The van der Waals surface area contributed by atoms with Gasteiger partial charge in [0.1, 0.15) is 5.82 Å². The third-order valence-electron chi connectivity index (χ3n) is 2.91. The summed E-state index contributed by atoms with van der Waals surface area (Å²) in [7, 11) is 0. The second-order valence-corrected chi connectivity index (χ2v) is 4.70. The van der Waals surface area contributed by atoms with Crippen LogP contribution in [0.15, 0.2) is 18.2 Å². The van der Waals surface area contributed by atoms with Crippen molar-refractivity contribution in [1.29, 1.82) is 0 Å². The van der Waals surface area contributed by atoms with E-state index in [0.717, 1.165) is 0 Å². The summed E-state index contributed by atoms with van der Waals surface area (Å²) in [5.41, 5.74) is 6.03. The molecule has 1 rings (SSSR count). The van der Waals surface area contributed by atoms with Crippen LogP contribution in [0.25, 0.3) is 0 Å². The minimum atomic E-state index is -0.458. The molecule has 3 nitrogen and oxygen atoms in total. The molecule has 1 unspecified atom stereocenters. The van der Waals surface area contributed by atoms with Gasteiger partial charge in [-0.05, 0) is 31.0 Å². The Bertz CT molecular complexity index is 515. The first-order valence-corrected chi connectivity index (χ1v) is 6.25. The summed E-state index contributed by atoms with van der Waals surface area (Å²) in [5.74, 6) is 4.98. The third-order valence-corrected chi connectivity index (χ3v) is 2.91. The zero-order chi connectivity index (χ0) is 14.4. The first-order valence-electron chi connectivity index (χ1n) is 6.25. The quantitative estimate of drug-likeness (QED) is 0.818. The van der Waals surface area contributed by atoms with Gasteiger partial charge in [-0.15, -0.1) is 0 Å². The Labute approximate surface area is 113 Å². The normalized spacial score (nSPS) is 11.7. The standard InChI is InChI=1S/C15H19FN2O/c1-10(2)11(3)18-15(19)14-9-13(16)7-6-12(14)5-4-8-17/h6-7,9-11H,8,17H2,1-3H3,(H,18,19). The van der Waals surface area contributed by atoms with Crippen LogP contribution in [-0.2, 0) is 0 Å². The largest absolute Gasteiger partial charge is 0.349 e. The number of rotatable bonds is 3. The molecule has 19 heavy (non-hydrogen) atoms. The molecule has 0 fully saturated rings. The molecular formula is C15H19FN2O. The highest BCUT2D eigenvalue weighted by atomic mass is 19.1. The van der Waals surface area contributed by atoms with Gasteiger partial charge in [-0.2, -0.15) is 0 Å². The minimum Gasteiger partial charge on any atom is -0.349 e. The van der Waals surface area contributed by atoms with E-state index in [1.165, 1.54) is 18.2 Å². The van der Waals surface area contributed by atoms with E-state index in [1.54, 1.807) is 0 Å². The molecule has 0 aliphatic heterocycles. The van der Waals surface area contributed by atoms with Gasteiger partial charge in [-0.3, -0.25) is 4.79 Å². The van der Waals surface area contributed by atoms with Crippen molar-refractivity contribution in [2.75, 3.05) is 6.54 Å². The molecule has 1 aromatic rings. The van der Waals surface area contributed by atoms with Crippen molar-refractivity contribution in [3.05, 3.63) is 35.1 Å². The lowest BCUT2D eigenvalue weighted by Gasteiger charge is -2.17. The molecule has 1 aromatic carbocycles. The first kappa shape index (κ1) is 15.2. The van der Waals surface area contributed by atoms with E-state index in [4.69, 9.17) is 5.73 Å². The Morgan fingerprint density at radius 2 is 2.11 bits per heavy atom. The molecule has 0 heterocycles. The van der Waals surface area contributed by atoms with Gasteiger partial charge in [0.2, 0.25) is 0 Å². The molecule has 0 aliphatic rings. The van der Waals surface area contributed by atoms with E-state index < -0.39 is 5.82 Å². The molecule has 0 aliphatic carbocycles. The zero-order valence-electron chi connectivity index (χ0n) is 11.5. The van der Waals surface area contributed by atoms with Crippen LogP contribution in [0, 0.1) is 23.6 Å². The van der Waals surface area contributed by atoms with Crippen molar-refractivity contribution in [3.8, 4) is 11.8 Å². The molecule has 0 aromatic heterocycles. The highest BCUT2D eigenvalue weighted by molar-refractivity contribution is 5.96. The average molecular weight is 262 g/mol. The smallest absolute Gasteiger partial charge is 0.252 e. The summed E-state index contributed by atoms with van der Waals surface area (Å²) in [4.78, 5) is 12.1. The summed E-state index contributed by atoms with van der Waals surface area (Å²) in [6.07, 6.45) is 0. The van der Waals surface area contributed by atoms with Gasteiger partial charge < -0.3 is 11.1 Å². The van der Waals surface area contributed by atoms with E-state index in [1.807, 2.05) is 20.8 Å². The maximum absolute atomic E-state index is 13.3.